The van der Waals surface area contributed by atoms with Crippen molar-refractivity contribution < 1.29 is 27.2 Å². The van der Waals surface area contributed by atoms with Gasteiger partial charge in [-0.25, -0.2) is 9.78 Å². The maximum atomic E-state index is 14.0. The second-order valence-electron chi connectivity index (χ2n) is 6.56. The number of carbonyl (C=O) groups is 2. The van der Waals surface area contributed by atoms with Crippen LogP contribution in [0, 0.1) is 0 Å². The van der Waals surface area contributed by atoms with Gasteiger partial charge in [0.2, 0.25) is 11.4 Å². The minimum atomic E-state index is -5.05. The number of halogens is 4. The normalized spacial score (nSPS) is 19.3. The van der Waals surface area contributed by atoms with E-state index in [0.29, 0.717) is 15.5 Å². The second-order valence-corrected chi connectivity index (χ2v) is 6.97. The van der Waals surface area contributed by atoms with Crippen LogP contribution in [0.1, 0.15) is 11.3 Å². The summed E-state index contributed by atoms with van der Waals surface area (Å²) in [6.45, 7) is -0.497. The van der Waals surface area contributed by atoms with E-state index in [1.165, 1.54) is 18.2 Å². The standard InChI is InChI=1S/C20H13ClF3N3O3/c21-15-9-5-4-8-14(15)16-25-13(11-30-16)10-27-17(28)19(20(22,23)24,26-18(27)29)12-6-2-1-3-7-12/h1-9,11H,10H2,(H,26,29). The van der Waals surface area contributed by atoms with Gasteiger partial charge in [0, 0.05) is 0 Å². The number of aromatic nitrogens is 1. The van der Waals surface area contributed by atoms with Crippen molar-refractivity contribution in [1.82, 2.24) is 15.2 Å². The number of nitrogens with one attached hydrogen (secondary N) is 1. The molecule has 1 aliphatic rings. The maximum absolute atomic E-state index is 14.0. The summed E-state index contributed by atoms with van der Waals surface area (Å²) in [6, 6.07) is 12.0. The SMILES string of the molecule is O=C1NC(c2ccccc2)(C(F)(F)F)C(=O)N1Cc1coc(-c2ccccc2Cl)n1. The van der Waals surface area contributed by atoms with Crippen LogP contribution in [0.15, 0.2) is 65.3 Å². The molecule has 1 atom stereocenters. The van der Waals surface area contributed by atoms with Gasteiger partial charge in [-0.15, -0.1) is 0 Å². The third-order valence-electron chi connectivity index (χ3n) is 4.71. The number of urea groups is 1. The number of hydrogen-bond donors (Lipinski definition) is 1. The molecule has 0 saturated carbocycles. The zero-order valence-corrected chi connectivity index (χ0v) is 15.9. The lowest BCUT2D eigenvalue weighted by Crippen LogP contribution is -2.55. The van der Waals surface area contributed by atoms with Crippen LogP contribution in [0.4, 0.5) is 18.0 Å². The fourth-order valence-corrected chi connectivity index (χ4v) is 3.48. The Labute approximate surface area is 173 Å². The van der Waals surface area contributed by atoms with Crippen molar-refractivity contribution in [3.63, 3.8) is 0 Å². The Bertz CT molecular complexity index is 1120. The van der Waals surface area contributed by atoms with Crippen LogP contribution in [0.25, 0.3) is 11.5 Å². The van der Waals surface area contributed by atoms with Crippen molar-refractivity contribution in [2.24, 2.45) is 0 Å². The lowest BCUT2D eigenvalue weighted by molar-refractivity contribution is -0.198. The maximum Gasteiger partial charge on any atom is 0.425 e. The quantitative estimate of drug-likeness (QED) is 0.612. The number of carbonyl (C=O) groups excluding carboxylic acids is 2. The number of oxazole rings is 1. The molecule has 1 N–H and O–H groups in total. The molecule has 1 aromatic heterocycles. The van der Waals surface area contributed by atoms with Gasteiger partial charge in [-0.05, 0) is 17.7 Å². The molecule has 1 unspecified atom stereocenters. The fourth-order valence-electron chi connectivity index (χ4n) is 3.26. The molecule has 30 heavy (non-hydrogen) atoms. The fraction of sp³-hybridized carbons (Fsp3) is 0.150. The molecule has 2 aromatic carbocycles. The molecule has 1 saturated heterocycles. The summed E-state index contributed by atoms with van der Waals surface area (Å²) >= 11 is 6.09. The predicted molar refractivity (Wildman–Crippen MR) is 100 cm³/mol. The average Bonchev–Trinajstić information content (AvgIpc) is 3.27. The summed E-state index contributed by atoms with van der Waals surface area (Å²) in [5.41, 5.74) is -2.98. The number of benzene rings is 2. The van der Waals surface area contributed by atoms with E-state index >= 15 is 0 Å². The smallest absolute Gasteiger partial charge is 0.425 e. The van der Waals surface area contributed by atoms with Crippen molar-refractivity contribution in [3.05, 3.63) is 77.1 Å². The molecule has 3 amide bonds. The lowest BCUT2D eigenvalue weighted by atomic mass is 9.89. The summed E-state index contributed by atoms with van der Waals surface area (Å²) in [7, 11) is 0. The molecule has 0 bridgehead atoms. The Hall–Kier alpha value is -3.33. The Morgan fingerprint density at radius 3 is 2.40 bits per heavy atom. The molecule has 10 heteroatoms. The topological polar surface area (TPSA) is 75.4 Å². The number of nitrogens with zero attached hydrogens (tertiary/aromatic N) is 2. The van der Waals surface area contributed by atoms with Gasteiger partial charge in [-0.3, -0.25) is 9.69 Å². The molecule has 0 aliphatic carbocycles. The highest BCUT2D eigenvalue weighted by Gasteiger charge is 2.68. The van der Waals surface area contributed by atoms with E-state index in [9.17, 15) is 22.8 Å². The summed E-state index contributed by atoms with van der Waals surface area (Å²) in [5, 5.41) is 2.19. The number of imide groups is 1. The summed E-state index contributed by atoms with van der Waals surface area (Å²) < 4.78 is 47.3. The zero-order chi connectivity index (χ0) is 21.5. The Balaban J connectivity index is 1.66. The molecular formula is C20H13ClF3N3O3. The highest BCUT2D eigenvalue weighted by atomic mass is 35.5. The van der Waals surface area contributed by atoms with Gasteiger partial charge in [0.15, 0.2) is 0 Å². The highest BCUT2D eigenvalue weighted by Crippen LogP contribution is 2.43. The largest absolute Gasteiger partial charge is 0.444 e. The van der Waals surface area contributed by atoms with Gasteiger partial charge in [-0.2, -0.15) is 13.2 Å². The molecule has 1 aliphatic heterocycles. The third-order valence-corrected chi connectivity index (χ3v) is 5.04. The van der Waals surface area contributed by atoms with Crippen LogP contribution in [-0.2, 0) is 16.9 Å². The first-order chi connectivity index (χ1) is 14.2. The number of rotatable bonds is 4. The van der Waals surface area contributed by atoms with Crippen LogP contribution < -0.4 is 5.32 Å². The van der Waals surface area contributed by atoms with E-state index in [1.54, 1.807) is 24.3 Å². The molecular weight excluding hydrogens is 423 g/mol. The van der Waals surface area contributed by atoms with E-state index in [2.05, 4.69) is 4.98 Å². The van der Waals surface area contributed by atoms with Crippen LogP contribution in [-0.4, -0.2) is 28.0 Å². The van der Waals surface area contributed by atoms with Crippen molar-refractivity contribution >= 4 is 23.5 Å². The van der Waals surface area contributed by atoms with E-state index in [0.717, 1.165) is 18.4 Å². The highest BCUT2D eigenvalue weighted by molar-refractivity contribution is 6.33. The summed E-state index contributed by atoms with van der Waals surface area (Å²) in [4.78, 5) is 29.9. The minimum Gasteiger partial charge on any atom is -0.444 e. The van der Waals surface area contributed by atoms with E-state index in [-0.39, 0.29) is 17.1 Å². The molecule has 0 radical (unpaired) electrons. The van der Waals surface area contributed by atoms with Crippen molar-refractivity contribution in [1.29, 1.82) is 0 Å². The number of hydrogen-bond acceptors (Lipinski definition) is 4. The molecule has 3 aromatic rings. The van der Waals surface area contributed by atoms with E-state index < -0.39 is 30.2 Å². The van der Waals surface area contributed by atoms with Crippen molar-refractivity contribution in [3.8, 4) is 11.5 Å². The summed E-state index contributed by atoms with van der Waals surface area (Å²) in [6.07, 6.45) is -3.89. The first-order valence-corrected chi connectivity index (χ1v) is 9.07. The van der Waals surface area contributed by atoms with Gasteiger partial charge in [0.25, 0.3) is 5.91 Å². The second kappa shape index (κ2) is 7.17. The average molecular weight is 436 g/mol. The van der Waals surface area contributed by atoms with Crippen molar-refractivity contribution in [2.75, 3.05) is 0 Å². The molecule has 0 spiro atoms. The van der Waals surface area contributed by atoms with Gasteiger partial charge in [-0.1, -0.05) is 54.1 Å². The summed E-state index contributed by atoms with van der Waals surface area (Å²) in [5.74, 6) is -1.32. The number of alkyl halides is 3. The van der Waals surface area contributed by atoms with Crippen LogP contribution in [0.5, 0.6) is 0 Å². The van der Waals surface area contributed by atoms with Crippen molar-refractivity contribution in [2.45, 2.75) is 18.3 Å². The molecule has 2 heterocycles. The number of amides is 3. The first-order valence-electron chi connectivity index (χ1n) is 8.69. The minimum absolute atomic E-state index is 0.0967. The Morgan fingerprint density at radius 1 is 1.07 bits per heavy atom. The monoisotopic (exact) mass is 435 g/mol. The zero-order valence-electron chi connectivity index (χ0n) is 15.1. The lowest BCUT2D eigenvalue weighted by Gasteiger charge is -2.29. The van der Waals surface area contributed by atoms with Gasteiger partial charge < -0.3 is 9.73 Å². The first kappa shape index (κ1) is 20.0. The van der Waals surface area contributed by atoms with Gasteiger partial charge in [0.05, 0.1) is 22.8 Å². The molecule has 6 nitrogen and oxygen atoms in total. The Kier molecular flexibility index (Phi) is 4.77. The van der Waals surface area contributed by atoms with E-state index in [4.69, 9.17) is 16.0 Å². The third kappa shape index (κ3) is 3.11. The van der Waals surface area contributed by atoms with Gasteiger partial charge >= 0.3 is 12.2 Å². The van der Waals surface area contributed by atoms with Crippen LogP contribution >= 0.6 is 11.6 Å². The molecule has 1 fully saturated rings. The van der Waals surface area contributed by atoms with Crippen LogP contribution in [0.3, 0.4) is 0 Å². The predicted octanol–water partition coefficient (Wildman–Crippen LogP) is 4.50. The van der Waals surface area contributed by atoms with Gasteiger partial charge in [0.1, 0.15) is 6.26 Å². The van der Waals surface area contributed by atoms with E-state index in [1.807, 2.05) is 5.32 Å². The molecule has 4 rings (SSSR count). The van der Waals surface area contributed by atoms with Crippen LogP contribution in [0.2, 0.25) is 5.02 Å². The molecule has 154 valence electrons. The Morgan fingerprint density at radius 2 is 1.73 bits per heavy atom.